The predicted molar refractivity (Wildman–Crippen MR) is 212 cm³/mol. The van der Waals surface area contributed by atoms with E-state index in [-0.39, 0.29) is 29.6 Å². The van der Waals surface area contributed by atoms with E-state index in [1.165, 1.54) is 5.56 Å². The minimum absolute atomic E-state index is 0.107. The molecule has 3 amide bonds. The molecular weight excluding hydrogens is 701 g/mol. The number of hydrogen-bond donors (Lipinski definition) is 5. The topological polar surface area (TPSA) is 179 Å². The normalized spacial score (nSPS) is 20.5. The number of primary amides is 1. The maximum atomic E-state index is 12.5. The van der Waals surface area contributed by atoms with Gasteiger partial charge in [0.1, 0.15) is 11.8 Å². The van der Waals surface area contributed by atoms with Gasteiger partial charge in [0.25, 0.3) is 5.91 Å². The van der Waals surface area contributed by atoms with Crippen LogP contribution >= 0.6 is 0 Å². The molecule has 1 aromatic heterocycles. The summed E-state index contributed by atoms with van der Waals surface area (Å²) in [4.78, 5) is 53.0. The van der Waals surface area contributed by atoms with Gasteiger partial charge in [-0.2, -0.15) is 0 Å². The van der Waals surface area contributed by atoms with Gasteiger partial charge in [-0.05, 0) is 68.4 Å². The lowest BCUT2D eigenvalue weighted by Crippen LogP contribution is -2.53. The summed E-state index contributed by atoms with van der Waals surface area (Å²) < 4.78 is 11.4. The second-order valence-corrected chi connectivity index (χ2v) is 14.9. The number of hydrogen-bond acceptors (Lipinski definition) is 13. The van der Waals surface area contributed by atoms with E-state index >= 15 is 0 Å². The summed E-state index contributed by atoms with van der Waals surface area (Å²) in [6.45, 7) is 10.3. The first-order valence-corrected chi connectivity index (χ1v) is 19.7. The number of ether oxygens (including phenoxy) is 2. The Morgan fingerprint density at radius 1 is 0.909 bits per heavy atom. The van der Waals surface area contributed by atoms with Crippen LogP contribution in [0.15, 0.2) is 42.5 Å². The number of amides is 3. The summed E-state index contributed by atoms with van der Waals surface area (Å²) in [5.74, 6) is 0.614. The number of aryl methyl sites for hydroxylation is 1. The molecule has 294 valence electrons. The summed E-state index contributed by atoms with van der Waals surface area (Å²) in [5.41, 5.74) is 10.5. The SMILES string of the molecule is CCc1nc(C(N)=O)c(Nc2ccc(N3CCC(N4CCN(Cc5ccc(NC6CCC(=O)NC6=O)cc5)CC4)CC3)c(OC)c2)nc1NC1CCOCC1. The van der Waals surface area contributed by atoms with Crippen LogP contribution in [0.1, 0.15) is 67.2 Å². The summed E-state index contributed by atoms with van der Waals surface area (Å²) >= 11 is 0. The fraction of sp³-hybridized carbons (Fsp3) is 0.525. The van der Waals surface area contributed by atoms with Crippen molar-refractivity contribution in [2.45, 2.75) is 76.5 Å². The summed E-state index contributed by atoms with van der Waals surface area (Å²) in [7, 11) is 1.68. The van der Waals surface area contributed by atoms with Gasteiger partial charge in [0.2, 0.25) is 11.8 Å². The largest absolute Gasteiger partial charge is 0.495 e. The number of carbonyl (C=O) groups excluding carboxylic acids is 3. The quantitative estimate of drug-likeness (QED) is 0.160. The molecule has 55 heavy (non-hydrogen) atoms. The van der Waals surface area contributed by atoms with Gasteiger partial charge < -0.3 is 36.1 Å². The first-order valence-electron chi connectivity index (χ1n) is 19.7. The molecule has 0 radical (unpaired) electrons. The predicted octanol–water partition coefficient (Wildman–Crippen LogP) is 3.48. The number of carbonyl (C=O) groups is 3. The zero-order valence-corrected chi connectivity index (χ0v) is 31.9. The second-order valence-electron chi connectivity index (χ2n) is 14.9. The lowest BCUT2D eigenvalue weighted by atomic mass is 10.0. The minimum atomic E-state index is -0.636. The average molecular weight is 755 g/mol. The molecule has 4 aliphatic heterocycles. The molecule has 2 aromatic carbocycles. The highest BCUT2D eigenvalue weighted by Crippen LogP contribution is 2.35. The summed E-state index contributed by atoms with van der Waals surface area (Å²) in [5, 5.41) is 12.5. The highest BCUT2D eigenvalue weighted by atomic mass is 16.5. The average Bonchev–Trinajstić information content (AvgIpc) is 3.20. The van der Waals surface area contributed by atoms with Crippen molar-refractivity contribution in [1.29, 1.82) is 0 Å². The van der Waals surface area contributed by atoms with Crippen molar-refractivity contribution in [3.05, 3.63) is 59.4 Å². The number of aromatic nitrogens is 2. The first-order chi connectivity index (χ1) is 26.8. The van der Waals surface area contributed by atoms with E-state index in [0.29, 0.717) is 55.8 Å². The number of benzene rings is 2. The zero-order valence-electron chi connectivity index (χ0n) is 31.9. The van der Waals surface area contributed by atoms with Gasteiger partial charge in [-0.25, -0.2) is 9.97 Å². The Bertz CT molecular complexity index is 1820. The van der Waals surface area contributed by atoms with Crippen molar-refractivity contribution in [3.63, 3.8) is 0 Å². The lowest BCUT2D eigenvalue weighted by molar-refractivity contribution is -0.133. The fourth-order valence-electron chi connectivity index (χ4n) is 8.04. The van der Waals surface area contributed by atoms with Crippen molar-refractivity contribution in [3.8, 4) is 5.75 Å². The molecule has 7 rings (SSSR count). The highest BCUT2D eigenvalue weighted by Gasteiger charge is 2.30. The molecule has 15 heteroatoms. The molecule has 1 atom stereocenters. The first kappa shape index (κ1) is 38.3. The Kier molecular flexibility index (Phi) is 12.3. The molecule has 0 bridgehead atoms. The van der Waals surface area contributed by atoms with Crippen LogP contribution < -0.4 is 36.6 Å². The highest BCUT2D eigenvalue weighted by molar-refractivity contribution is 6.01. The van der Waals surface area contributed by atoms with Crippen LogP contribution in [0.5, 0.6) is 5.75 Å². The zero-order chi connectivity index (χ0) is 38.3. The number of anilines is 5. The molecule has 0 aliphatic carbocycles. The Hall–Kier alpha value is -4.99. The fourth-order valence-corrected chi connectivity index (χ4v) is 8.04. The van der Waals surface area contributed by atoms with Gasteiger partial charge in [0, 0.05) is 95.0 Å². The number of nitrogens with two attached hydrogens (primary N) is 1. The van der Waals surface area contributed by atoms with Gasteiger partial charge in [0.05, 0.1) is 18.5 Å². The number of methoxy groups -OCH3 is 1. The number of imide groups is 1. The molecule has 4 fully saturated rings. The smallest absolute Gasteiger partial charge is 0.271 e. The van der Waals surface area contributed by atoms with Crippen molar-refractivity contribution >= 4 is 46.4 Å². The molecule has 3 aromatic rings. The molecule has 4 saturated heterocycles. The van der Waals surface area contributed by atoms with Crippen LogP contribution in [-0.4, -0.2) is 115 Å². The molecule has 5 heterocycles. The number of rotatable bonds is 13. The number of piperidine rings is 2. The van der Waals surface area contributed by atoms with Gasteiger partial charge in [-0.3, -0.25) is 29.5 Å². The van der Waals surface area contributed by atoms with Crippen molar-refractivity contribution in [2.75, 3.05) is 80.4 Å². The van der Waals surface area contributed by atoms with Crippen molar-refractivity contribution in [2.24, 2.45) is 5.73 Å². The van der Waals surface area contributed by atoms with Crippen molar-refractivity contribution < 1.29 is 23.9 Å². The van der Waals surface area contributed by atoms with E-state index in [9.17, 15) is 14.4 Å². The van der Waals surface area contributed by atoms with E-state index in [1.54, 1.807) is 7.11 Å². The third kappa shape index (κ3) is 9.46. The number of piperazine rings is 1. The molecule has 0 saturated carbocycles. The Labute approximate surface area is 322 Å². The van der Waals surface area contributed by atoms with Crippen LogP contribution in [-0.2, 0) is 27.3 Å². The molecule has 4 aliphatic rings. The van der Waals surface area contributed by atoms with Gasteiger partial charge in [-0.15, -0.1) is 0 Å². The van der Waals surface area contributed by atoms with Crippen molar-refractivity contribution in [1.82, 2.24) is 25.1 Å². The van der Waals surface area contributed by atoms with E-state index in [1.807, 2.05) is 31.2 Å². The van der Waals surface area contributed by atoms with E-state index in [4.69, 9.17) is 20.2 Å². The standard InChI is InChI=1S/C40H54N10O5/c1-3-31-38(43-28-14-22-55-23-15-28)47-39(36(45-31)37(41)52)44-29-8-10-33(34(24-29)54-2)50-16-12-30(13-17-50)49-20-18-48(19-21-49)25-26-4-6-27(7-5-26)42-32-9-11-35(51)46-40(32)53/h4-8,10,24,28,30,32,42H,3,9,11-23,25H2,1-2H3,(H2,41,52)(H2,43,44,47)(H,46,51,53). The summed E-state index contributed by atoms with van der Waals surface area (Å²) in [6, 6.07) is 14.7. The van der Waals surface area contributed by atoms with E-state index in [0.717, 1.165) is 94.3 Å². The van der Waals surface area contributed by atoms with Crippen LogP contribution in [0.4, 0.5) is 28.7 Å². The van der Waals surface area contributed by atoms with Crippen LogP contribution in [0.3, 0.4) is 0 Å². The molecule has 0 spiro atoms. The van der Waals surface area contributed by atoms with E-state index in [2.05, 4.69) is 59.1 Å². The Morgan fingerprint density at radius 3 is 2.31 bits per heavy atom. The monoisotopic (exact) mass is 754 g/mol. The third-order valence-electron chi connectivity index (χ3n) is 11.2. The van der Waals surface area contributed by atoms with Crippen LogP contribution in [0.2, 0.25) is 0 Å². The molecule has 1 unspecified atom stereocenters. The van der Waals surface area contributed by atoms with Gasteiger partial charge in [0.15, 0.2) is 17.3 Å². The molecular formula is C40H54N10O5. The lowest BCUT2D eigenvalue weighted by Gasteiger charge is -2.43. The Balaban J connectivity index is 0.906. The number of nitrogens with zero attached hydrogens (tertiary/aromatic N) is 5. The third-order valence-corrected chi connectivity index (χ3v) is 11.2. The maximum absolute atomic E-state index is 12.5. The Morgan fingerprint density at radius 2 is 1.64 bits per heavy atom. The summed E-state index contributed by atoms with van der Waals surface area (Å²) in [6.07, 6.45) is 5.40. The van der Waals surface area contributed by atoms with Gasteiger partial charge >= 0.3 is 0 Å². The van der Waals surface area contributed by atoms with Crippen LogP contribution in [0.25, 0.3) is 0 Å². The molecule has 6 N–H and O–H groups in total. The second kappa shape index (κ2) is 17.6. The van der Waals surface area contributed by atoms with Crippen LogP contribution in [0, 0.1) is 0 Å². The molecule has 15 nitrogen and oxygen atoms in total. The minimum Gasteiger partial charge on any atom is -0.495 e. The van der Waals surface area contributed by atoms with Gasteiger partial charge in [-0.1, -0.05) is 19.1 Å². The van der Waals surface area contributed by atoms with E-state index < -0.39 is 5.91 Å². The number of nitrogens with one attached hydrogen (secondary N) is 4. The maximum Gasteiger partial charge on any atom is 0.271 e.